The molecule has 0 saturated heterocycles. The van der Waals surface area contributed by atoms with Crippen molar-refractivity contribution in [2.24, 2.45) is 5.73 Å². The summed E-state index contributed by atoms with van der Waals surface area (Å²) < 4.78 is 6.11. The highest BCUT2D eigenvalue weighted by molar-refractivity contribution is 14.1. The molecule has 1 rings (SSSR count). The molecule has 3 atom stereocenters. The lowest BCUT2D eigenvalue weighted by Crippen LogP contribution is -2.33. The fraction of sp³-hybridized carbons (Fsp3) is 0.500. The average molecular weight is 377 g/mol. The molecule has 0 heterocycles. The van der Waals surface area contributed by atoms with Crippen molar-refractivity contribution in [2.75, 3.05) is 0 Å². The molecule has 1 amide bonds. The zero-order valence-corrected chi connectivity index (χ0v) is 13.3. The molecule has 5 heteroatoms. The lowest BCUT2D eigenvalue weighted by atomic mass is 9.87. The molecule has 106 valence electrons. The van der Waals surface area contributed by atoms with Crippen LogP contribution in [-0.2, 0) is 4.74 Å². The summed E-state index contributed by atoms with van der Waals surface area (Å²) in [4.78, 5) is 10.9. The van der Waals surface area contributed by atoms with Crippen molar-refractivity contribution >= 4 is 28.7 Å². The molecular weight excluding hydrogens is 357 g/mol. The molecule has 0 aromatic heterocycles. The van der Waals surface area contributed by atoms with Gasteiger partial charge in [0.25, 0.3) is 0 Å². The molecule has 0 saturated carbocycles. The second-order valence-corrected chi connectivity index (χ2v) is 5.71. The number of benzene rings is 1. The van der Waals surface area contributed by atoms with Crippen LogP contribution in [0.1, 0.15) is 38.2 Å². The van der Waals surface area contributed by atoms with E-state index in [-0.39, 0.29) is 5.92 Å². The number of hydrogen-bond donors (Lipinski definition) is 2. The van der Waals surface area contributed by atoms with Gasteiger partial charge in [0.2, 0.25) is 0 Å². The van der Waals surface area contributed by atoms with Gasteiger partial charge in [0.15, 0.2) is 0 Å². The summed E-state index contributed by atoms with van der Waals surface area (Å²) in [5.41, 5.74) is 6.06. The van der Waals surface area contributed by atoms with Gasteiger partial charge in [-0.3, -0.25) is 0 Å². The lowest BCUT2D eigenvalue weighted by Gasteiger charge is -2.29. The normalized spacial score (nSPS) is 15.6. The fourth-order valence-corrected chi connectivity index (χ4v) is 3.00. The third-order valence-corrected chi connectivity index (χ3v) is 4.05. The van der Waals surface area contributed by atoms with E-state index in [4.69, 9.17) is 10.5 Å². The minimum atomic E-state index is -0.813. The highest BCUT2D eigenvalue weighted by Crippen LogP contribution is 2.31. The summed E-state index contributed by atoms with van der Waals surface area (Å²) in [5.74, 6) is -0.263. The molecule has 0 aliphatic rings. The summed E-state index contributed by atoms with van der Waals surface area (Å²) in [5, 5.41) is 10.3. The third-order valence-electron chi connectivity index (χ3n) is 3.07. The zero-order valence-electron chi connectivity index (χ0n) is 11.2. The monoisotopic (exact) mass is 377 g/mol. The number of hydrogen-bond acceptors (Lipinski definition) is 3. The minimum absolute atomic E-state index is 0.263. The van der Waals surface area contributed by atoms with Gasteiger partial charge in [-0.05, 0) is 47.6 Å². The minimum Gasteiger partial charge on any atom is -0.446 e. The molecule has 0 aliphatic carbocycles. The first-order valence-electron chi connectivity index (χ1n) is 6.36. The quantitative estimate of drug-likeness (QED) is 0.749. The Morgan fingerprint density at radius 3 is 2.63 bits per heavy atom. The second-order valence-electron chi connectivity index (χ2n) is 4.55. The van der Waals surface area contributed by atoms with Crippen molar-refractivity contribution in [2.45, 2.75) is 44.8 Å². The predicted octanol–water partition coefficient (Wildman–Crippen LogP) is 3.02. The highest BCUT2D eigenvalue weighted by Gasteiger charge is 2.30. The van der Waals surface area contributed by atoms with Gasteiger partial charge in [-0.2, -0.15) is 0 Å². The van der Waals surface area contributed by atoms with Crippen molar-refractivity contribution in [1.29, 1.82) is 0 Å². The summed E-state index contributed by atoms with van der Waals surface area (Å²) >= 11 is 2.22. The first-order valence-corrected chi connectivity index (χ1v) is 7.43. The van der Waals surface area contributed by atoms with Crippen LogP contribution in [0.2, 0.25) is 0 Å². The largest absolute Gasteiger partial charge is 0.446 e. The van der Waals surface area contributed by atoms with E-state index in [2.05, 4.69) is 22.6 Å². The third kappa shape index (κ3) is 4.65. The van der Waals surface area contributed by atoms with Crippen LogP contribution in [0.4, 0.5) is 4.79 Å². The van der Waals surface area contributed by atoms with Gasteiger partial charge in [0.1, 0.15) is 6.10 Å². The van der Waals surface area contributed by atoms with Gasteiger partial charge in [-0.25, -0.2) is 4.79 Å². The number of ether oxygens (including phenoxy) is 1. The van der Waals surface area contributed by atoms with Gasteiger partial charge in [-0.1, -0.05) is 31.5 Å². The van der Waals surface area contributed by atoms with Gasteiger partial charge < -0.3 is 15.6 Å². The van der Waals surface area contributed by atoms with Gasteiger partial charge in [-0.15, -0.1) is 0 Å². The number of carbonyl (C=O) groups is 1. The van der Waals surface area contributed by atoms with Crippen LogP contribution in [0.5, 0.6) is 0 Å². The Hall–Kier alpha value is -0.820. The maximum absolute atomic E-state index is 10.9. The van der Waals surface area contributed by atoms with Crippen LogP contribution in [-0.4, -0.2) is 23.4 Å². The van der Waals surface area contributed by atoms with Crippen LogP contribution in [0, 0.1) is 3.57 Å². The van der Waals surface area contributed by atoms with Crippen molar-refractivity contribution in [3.63, 3.8) is 0 Å². The second kappa shape index (κ2) is 7.69. The number of rotatable bonds is 6. The summed E-state index contributed by atoms with van der Waals surface area (Å²) in [6.45, 7) is 3.77. The Balaban J connectivity index is 3.04. The summed E-state index contributed by atoms with van der Waals surface area (Å²) in [6.07, 6.45) is -0.315. The molecule has 19 heavy (non-hydrogen) atoms. The van der Waals surface area contributed by atoms with Crippen LogP contribution < -0.4 is 5.73 Å². The molecule has 0 fully saturated rings. The Morgan fingerprint density at radius 1 is 1.47 bits per heavy atom. The average Bonchev–Trinajstić information content (AvgIpc) is 2.31. The number of primary amides is 1. The zero-order chi connectivity index (χ0) is 14.4. The Labute approximate surface area is 127 Å². The SMILES string of the molecule is CCCC(O)C(c1ccccc1I)C(C)OC(N)=O. The van der Waals surface area contributed by atoms with Gasteiger partial charge >= 0.3 is 6.09 Å². The molecule has 0 radical (unpaired) electrons. The van der Waals surface area contributed by atoms with E-state index in [1.54, 1.807) is 6.92 Å². The van der Waals surface area contributed by atoms with Crippen LogP contribution in [0.3, 0.4) is 0 Å². The van der Waals surface area contributed by atoms with Gasteiger partial charge in [0.05, 0.1) is 6.10 Å². The first kappa shape index (κ1) is 16.2. The highest BCUT2D eigenvalue weighted by atomic mass is 127. The number of halogens is 1. The Bertz CT molecular complexity index is 425. The molecule has 0 aliphatic heterocycles. The van der Waals surface area contributed by atoms with E-state index in [0.29, 0.717) is 6.42 Å². The van der Waals surface area contributed by atoms with E-state index in [0.717, 1.165) is 15.6 Å². The van der Waals surface area contributed by atoms with Crippen molar-refractivity contribution in [1.82, 2.24) is 0 Å². The number of amides is 1. The van der Waals surface area contributed by atoms with Crippen LogP contribution in [0.25, 0.3) is 0 Å². The molecule has 3 unspecified atom stereocenters. The molecular formula is C14H20INO3. The van der Waals surface area contributed by atoms with E-state index >= 15 is 0 Å². The number of aliphatic hydroxyl groups is 1. The molecule has 1 aromatic rings. The summed E-state index contributed by atoms with van der Waals surface area (Å²) in [6, 6.07) is 7.78. The van der Waals surface area contributed by atoms with Crippen molar-refractivity contribution in [3.8, 4) is 0 Å². The molecule has 4 nitrogen and oxygen atoms in total. The maximum atomic E-state index is 10.9. The van der Waals surface area contributed by atoms with Gasteiger partial charge in [0, 0.05) is 9.49 Å². The standard InChI is InChI=1S/C14H20INO3/c1-3-6-12(17)13(9(2)19-14(16)18)10-7-4-5-8-11(10)15/h4-5,7-9,12-13,17H,3,6H2,1-2H3,(H2,16,18). The van der Waals surface area contributed by atoms with E-state index in [1.165, 1.54) is 0 Å². The smallest absolute Gasteiger partial charge is 0.404 e. The van der Waals surface area contributed by atoms with Crippen LogP contribution in [0.15, 0.2) is 24.3 Å². The molecule has 1 aromatic carbocycles. The first-order chi connectivity index (χ1) is 8.97. The van der Waals surface area contributed by atoms with Crippen molar-refractivity contribution in [3.05, 3.63) is 33.4 Å². The number of carbonyl (C=O) groups excluding carboxylic acids is 1. The number of aliphatic hydroxyl groups excluding tert-OH is 1. The number of nitrogens with two attached hydrogens (primary N) is 1. The van der Waals surface area contributed by atoms with Crippen molar-refractivity contribution < 1.29 is 14.6 Å². The molecule has 0 bridgehead atoms. The van der Waals surface area contributed by atoms with E-state index < -0.39 is 18.3 Å². The molecule has 3 N–H and O–H groups in total. The topological polar surface area (TPSA) is 72.6 Å². The summed E-state index contributed by atoms with van der Waals surface area (Å²) in [7, 11) is 0. The lowest BCUT2D eigenvalue weighted by molar-refractivity contribution is 0.0413. The molecule has 0 spiro atoms. The Morgan fingerprint density at radius 2 is 2.11 bits per heavy atom. The fourth-order valence-electron chi connectivity index (χ4n) is 2.25. The van der Waals surface area contributed by atoms with E-state index in [9.17, 15) is 9.90 Å². The van der Waals surface area contributed by atoms with Crippen LogP contribution >= 0.6 is 22.6 Å². The van der Waals surface area contributed by atoms with E-state index in [1.807, 2.05) is 31.2 Å². The predicted molar refractivity (Wildman–Crippen MR) is 82.9 cm³/mol. The maximum Gasteiger partial charge on any atom is 0.404 e. The Kier molecular flexibility index (Phi) is 6.57.